The second-order valence-electron chi connectivity index (χ2n) is 6.09. The Labute approximate surface area is 151 Å². The topological polar surface area (TPSA) is 91.7 Å². The number of esters is 1. The number of hydrogen-bond donors (Lipinski definition) is 1. The number of nitriles is 1. The lowest BCUT2D eigenvalue weighted by molar-refractivity contribution is -0.121. The fourth-order valence-corrected chi connectivity index (χ4v) is 3.98. The highest BCUT2D eigenvalue weighted by atomic mass is 32.1. The summed E-state index contributed by atoms with van der Waals surface area (Å²) in [6.45, 7) is 9.19. The SMILES string of the molecule is CCOC(=O)c1sc(NC(=O)CN2C[C@@H](C)O[C@H](C)C2)c(C#N)c1C. The zero-order valence-corrected chi connectivity index (χ0v) is 15.7. The molecular weight excluding hydrogens is 342 g/mol. The number of nitrogens with one attached hydrogen (secondary N) is 1. The molecule has 1 amide bonds. The molecule has 0 radical (unpaired) electrons. The van der Waals surface area contributed by atoms with Crippen molar-refractivity contribution in [3.05, 3.63) is 16.0 Å². The van der Waals surface area contributed by atoms with E-state index >= 15 is 0 Å². The molecule has 0 spiro atoms. The number of hydrogen-bond acceptors (Lipinski definition) is 7. The molecule has 2 atom stereocenters. The van der Waals surface area contributed by atoms with E-state index < -0.39 is 5.97 Å². The summed E-state index contributed by atoms with van der Waals surface area (Å²) in [5.41, 5.74) is 0.847. The van der Waals surface area contributed by atoms with Crippen molar-refractivity contribution in [2.45, 2.75) is 39.9 Å². The van der Waals surface area contributed by atoms with E-state index in [-0.39, 0.29) is 31.3 Å². The van der Waals surface area contributed by atoms with Crippen LogP contribution in [0.1, 0.15) is 41.6 Å². The molecule has 2 rings (SSSR count). The normalized spacial score (nSPS) is 20.8. The molecule has 0 aromatic carbocycles. The first-order chi connectivity index (χ1) is 11.8. The van der Waals surface area contributed by atoms with E-state index in [0.29, 0.717) is 34.1 Å². The van der Waals surface area contributed by atoms with Gasteiger partial charge in [-0.05, 0) is 33.3 Å². The van der Waals surface area contributed by atoms with Crippen LogP contribution in [0.5, 0.6) is 0 Å². The average molecular weight is 365 g/mol. The molecule has 7 nitrogen and oxygen atoms in total. The van der Waals surface area contributed by atoms with E-state index in [0.717, 1.165) is 11.3 Å². The van der Waals surface area contributed by atoms with Crippen molar-refractivity contribution in [3.8, 4) is 6.07 Å². The van der Waals surface area contributed by atoms with Crippen LogP contribution in [0, 0.1) is 18.3 Å². The molecule has 1 fully saturated rings. The highest BCUT2D eigenvalue weighted by Gasteiger charge is 2.26. The lowest BCUT2D eigenvalue weighted by Crippen LogP contribution is -2.48. The van der Waals surface area contributed by atoms with Crippen molar-refractivity contribution in [3.63, 3.8) is 0 Å². The van der Waals surface area contributed by atoms with Crippen molar-refractivity contribution in [2.75, 3.05) is 31.6 Å². The number of carbonyl (C=O) groups excluding carboxylic acids is 2. The third-order valence-electron chi connectivity index (χ3n) is 3.83. The summed E-state index contributed by atoms with van der Waals surface area (Å²) in [6.07, 6.45) is 0.149. The zero-order valence-electron chi connectivity index (χ0n) is 14.9. The molecule has 0 bridgehead atoms. The number of ether oxygens (including phenoxy) is 2. The minimum atomic E-state index is -0.474. The molecule has 1 aliphatic heterocycles. The van der Waals surface area contributed by atoms with Gasteiger partial charge in [0.2, 0.25) is 5.91 Å². The van der Waals surface area contributed by atoms with Crippen molar-refractivity contribution < 1.29 is 19.1 Å². The van der Waals surface area contributed by atoms with Gasteiger partial charge in [-0.25, -0.2) is 4.79 Å². The van der Waals surface area contributed by atoms with Gasteiger partial charge in [0.1, 0.15) is 15.9 Å². The second kappa shape index (κ2) is 8.43. The molecule has 0 aliphatic carbocycles. The van der Waals surface area contributed by atoms with Gasteiger partial charge in [0, 0.05) is 13.1 Å². The number of nitrogens with zero attached hydrogens (tertiary/aromatic N) is 2. The molecule has 0 saturated carbocycles. The number of anilines is 1. The van der Waals surface area contributed by atoms with E-state index in [4.69, 9.17) is 9.47 Å². The monoisotopic (exact) mass is 365 g/mol. The van der Waals surface area contributed by atoms with Crippen LogP contribution >= 0.6 is 11.3 Å². The van der Waals surface area contributed by atoms with Gasteiger partial charge in [0.05, 0.1) is 30.9 Å². The summed E-state index contributed by atoms with van der Waals surface area (Å²) in [7, 11) is 0. The molecule has 1 saturated heterocycles. The Bertz CT molecular complexity index is 685. The number of rotatable bonds is 5. The van der Waals surface area contributed by atoms with Gasteiger partial charge < -0.3 is 14.8 Å². The van der Waals surface area contributed by atoms with Crippen LogP contribution in [0.25, 0.3) is 0 Å². The van der Waals surface area contributed by atoms with E-state index in [2.05, 4.69) is 11.4 Å². The molecule has 2 heterocycles. The summed E-state index contributed by atoms with van der Waals surface area (Å²) < 4.78 is 10.7. The fraction of sp³-hybridized carbons (Fsp3) is 0.588. The highest BCUT2D eigenvalue weighted by molar-refractivity contribution is 7.18. The summed E-state index contributed by atoms with van der Waals surface area (Å²) in [4.78, 5) is 26.7. The molecule has 0 unspecified atom stereocenters. The molecule has 1 aliphatic rings. The molecule has 1 aromatic rings. The van der Waals surface area contributed by atoms with Crippen molar-refractivity contribution >= 4 is 28.2 Å². The fourth-order valence-electron chi connectivity index (χ4n) is 2.91. The molecule has 136 valence electrons. The second-order valence-corrected chi connectivity index (χ2v) is 7.11. The molecular formula is C17H23N3O4S. The van der Waals surface area contributed by atoms with Crippen LogP contribution in [-0.4, -0.2) is 55.2 Å². The minimum Gasteiger partial charge on any atom is -0.462 e. The van der Waals surface area contributed by atoms with Crippen molar-refractivity contribution in [1.29, 1.82) is 5.26 Å². The molecule has 1 aromatic heterocycles. The van der Waals surface area contributed by atoms with Gasteiger partial charge >= 0.3 is 5.97 Å². The first-order valence-electron chi connectivity index (χ1n) is 8.23. The maximum Gasteiger partial charge on any atom is 0.348 e. The smallest absolute Gasteiger partial charge is 0.348 e. The Hall–Kier alpha value is -1.95. The Morgan fingerprint density at radius 3 is 2.60 bits per heavy atom. The Kier molecular flexibility index (Phi) is 6.53. The summed E-state index contributed by atoms with van der Waals surface area (Å²) in [6, 6.07) is 2.06. The van der Waals surface area contributed by atoms with Gasteiger partial charge in [-0.2, -0.15) is 5.26 Å². The molecule has 25 heavy (non-hydrogen) atoms. The van der Waals surface area contributed by atoms with Crippen LogP contribution in [0.3, 0.4) is 0 Å². The number of amides is 1. The van der Waals surface area contributed by atoms with E-state index in [1.54, 1.807) is 13.8 Å². The first-order valence-corrected chi connectivity index (χ1v) is 9.05. The number of thiophene rings is 1. The van der Waals surface area contributed by atoms with Crippen LogP contribution in [0.2, 0.25) is 0 Å². The zero-order chi connectivity index (χ0) is 18.6. The lowest BCUT2D eigenvalue weighted by Gasteiger charge is -2.34. The van der Waals surface area contributed by atoms with Gasteiger partial charge in [0.25, 0.3) is 0 Å². The maximum atomic E-state index is 12.4. The number of morpholine rings is 1. The van der Waals surface area contributed by atoms with Crippen molar-refractivity contribution in [2.24, 2.45) is 0 Å². The quantitative estimate of drug-likeness (QED) is 0.804. The number of carbonyl (C=O) groups is 2. The molecule has 8 heteroatoms. The van der Waals surface area contributed by atoms with Crippen LogP contribution < -0.4 is 5.32 Å². The van der Waals surface area contributed by atoms with Crippen molar-refractivity contribution in [1.82, 2.24) is 4.90 Å². The average Bonchev–Trinajstić information content (AvgIpc) is 2.82. The van der Waals surface area contributed by atoms with Gasteiger partial charge in [0.15, 0.2) is 0 Å². The Morgan fingerprint density at radius 2 is 2.04 bits per heavy atom. The van der Waals surface area contributed by atoms with Gasteiger partial charge in [-0.3, -0.25) is 9.69 Å². The van der Waals surface area contributed by atoms with E-state index in [9.17, 15) is 14.9 Å². The van der Waals surface area contributed by atoms with Crippen LogP contribution in [-0.2, 0) is 14.3 Å². The van der Waals surface area contributed by atoms with Gasteiger partial charge in [-0.15, -0.1) is 11.3 Å². The third kappa shape index (κ3) is 4.78. The highest BCUT2D eigenvalue weighted by Crippen LogP contribution is 2.33. The van der Waals surface area contributed by atoms with Crippen LogP contribution in [0.15, 0.2) is 0 Å². The largest absolute Gasteiger partial charge is 0.462 e. The maximum absolute atomic E-state index is 12.4. The summed E-state index contributed by atoms with van der Waals surface area (Å²) in [5.74, 6) is -0.688. The van der Waals surface area contributed by atoms with Gasteiger partial charge in [-0.1, -0.05) is 0 Å². The predicted octanol–water partition coefficient (Wildman–Crippen LogP) is 2.15. The summed E-state index contributed by atoms with van der Waals surface area (Å²) in [5, 5.41) is 12.5. The summed E-state index contributed by atoms with van der Waals surface area (Å²) >= 11 is 1.08. The molecule has 1 N–H and O–H groups in total. The third-order valence-corrected chi connectivity index (χ3v) is 5.02. The lowest BCUT2D eigenvalue weighted by atomic mass is 10.2. The predicted molar refractivity (Wildman–Crippen MR) is 94.8 cm³/mol. The minimum absolute atomic E-state index is 0.0746. The standard InChI is InChI=1S/C17H23N3O4S/c1-5-23-17(22)15-12(4)13(6-18)16(25-15)19-14(21)9-20-7-10(2)24-11(3)8-20/h10-11H,5,7-9H2,1-4H3,(H,19,21)/t10-,11-/m1/s1. The van der Waals surface area contributed by atoms with Crippen LogP contribution in [0.4, 0.5) is 5.00 Å². The van der Waals surface area contributed by atoms with E-state index in [1.807, 2.05) is 18.7 Å². The first kappa shape index (κ1) is 19.4. The van der Waals surface area contributed by atoms with E-state index in [1.165, 1.54) is 0 Å². The Morgan fingerprint density at radius 1 is 1.40 bits per heavy atom. The Balaban J connectivity index is 2.09.